The van der Waals surface area contributed by atoms with Gasteiger partial charge in [-0.15, -0.1) is 0 Å². The first-order chi connectivity index (χ1) is 10.9. The van der Waals surface area contributed by atoms with Gasteiger partial charge in [0.15, 0.2) is 0 Å². The molecule has 0 amide bonds. The van der Waals surface area contributed by atoms with E-state index in [1.807, 2.05) is 48.7 Å². The Morgan fingerprint density at radius 2 is 1.57 bits per heavy atom. The Labute approximate surface area is 140 Å². The highest BCUT2D eigenvalue weighted by atomic mass is 14.7. The van der Waals surface area contributed by atoms with Crippen LogP contribution in [0.3, 0.4) is 0 Å². The van der Waals surface area contributed by atoms with Gasteiger partial charge in [-0.05, 0) is 35.7 Å². The van der Waals surface area contributed by atoms with Crippen LogP contribution in [0.4, 0.5) is 0 Å². The molecule has 3 aromatic rings. The number of rotatable bonds is 3. The zero-order chi connectivity index (χ0) is 16.4. The third-order valence-electron chi connectivity index (χ3n) is 4.02. The van der Waals surface area contributed by atoms with Crippen molar-refractivity contribution < 1.29 is 0 Å². The van der Waals surface area contributed by atoms with Gasteiger partial charge in [-0.2, -0.15) is 0 Å². The molecule has 0 N–H and O–H groups in total. The van der Waals surface area contributed by atoms with Gasteiger partial charge in [-0.1, -0.05) is 66.2 Å². The molecule has 108 valence electrons. The molecule has 0 aliphatic heterocycles. The SMILES string of the molecule is [B]C([B])(C)c1ccc(-c2ccnc(-c3ccccc3C)c2)cc1. The third kappa shape index (κ3) is 3.39. The van der Waals surface area contributed by atoms with Crippen molar-refractivity contribution in [2.75, 3.05) is 0 Å². The van der Waals surface area contributed by atoms with Crippen molar-refractivity contribution in [2.24, 2.45) is 0 Å². The lowest BCUT2D eigenvalue weighted by molar-refractivity contribution is 0.973. The molecule has 1 aromatic heterocycles. The van der Waals surface area contributed by atoms with E-state index < -0.39 is 5.21 Å². The lowest BCUT2D eigenvalue weighted by atomic mass is 9.52. The normalized spacial score (nSPS) is 11.4. The van der Waals surface area contributed by atoms with Crippen molar-refractivity contribution in [2.45, 2.75) is 19.1 Å². The largest absolute Gasteiger partial charge is 0.256 e. The summed E-state index contributed by atoms with van der Waals surface area (Å²) in [7, 11) is 11.9. The summed E-state index contributed by atoms with van der Waals surface area (Å²) >= 11 is 0. The van der Waals surface area contributed by atoms with Crippen LogP contribution >= 0.6 is 0 Å². The molecule has 3 rings (SSSR count). The monoisotopic (exact) mass is 293 g/mol. The average Bonchev–Trinajstić information content (AvgIpc) is 2.55. The van der Waals surface area contributed by atoms with Crippen LogP contribution in [0.5, 0.6) is 0 Å². The minimum atomic E-state index is -0.816. The second-order valence-electron chi connectivity index (χ2n) is 6.10. The van der Waals surface area contributed by atoms with Crippen LogP contribution in [0.2, 0.25) is 0 Å². The van der Waals surface area contributed by atoms with Gasteiger partial charge >= 0.3 is 0 Å². The Bertz CT molecular complexity index is 818. The van der Waals surface area contributed by atoms with Crippen LogP contribution in [0, 0.1) is 6.92 Å². The molecule has 23 heavy (non-hydrogen) atoms. The van der Waals surface area contributed by atoms with E-state index in [1.165, 1.54) is 5.56 Å². The number of benzene rings is 2. The molecule has 4 radical (unpaired) electrons. The van der Waals surface area contributed by atoms with Crippen molar-refractivity contribution in [3.05, 3.63) is 78.0 Å². The van der Waals surface area contributed by atoms with Crippen LogP contribution in [0.15, 0.2) is 66.9 Å². The maximum absolute atomic E-state index is 5.93. The van der Waals surface area contributed by atoms with Crippen molar-refractivity contribution in [3.63, 3.8) is 0 Å². The minimum absolute atomic E-state index is 0.816. The highest BCUT2D eigenvalue weighted by Crippen LogP contribution is 2.27. The molecule has 0 unspecified atom stereocenters. The standard InChI is InChI=1S/C20H17B2N/c1-14-5-3-4-6-18(14)19-13-16(11-12-23-19)15-7-9-17(10-8-15)20(2,21)22/h3-13H,1-2H3. The van der Waals surface area contributed by atoms with Crippen LogP contribution in [-0.2, 0) is 5.21 Å². The van der Waals surface area contributed by atoms with Crippen LogP contribution in [0.25, 0.3) is 22.4 Å². The van der Waals surface area contributed by atoms with Gasteiger partial charge in [-0.3, -0.25) is 4.98 Å². The first-order valence-electron chi connectivity index (χ1n) is 7.66. The molecule has 2 aromatic carbocycles. The molecule has 0 aliphatic carbocycles. The second-order valence-corrected chi connectivity index (χ2v) is 6.10. The highest BCUT2D eigenvalue weighted by Gasteiger charge is 2.12. The van der Waals surface area contributed by atoms with E-state index in [0.29, 0.717) is 0 Å². The topological polar surface area (TPSA) is 12.9 Å². The van der Waals surface area contributed by atoms with Crippen molar-refractivity contribution in [1.29, 1.82) is 0 Å². The molecule has 0 aliphatic rings. The minimum Gasteiger partial charge on any atom is -0.256 e. The van der Waals surface area contributed by atoms with E-state index in [2.05, 4.69) is 30.1 Å². The van der Waals surface area contributed by atoms with E-state index in [-0.39, 0.29) is 0 Å². The summed E-state index contributed by atoms with van der Waals surface area (Å²) in [6.07, 6.45) is 1.85. The van der Waals surface area contributed by atoms with Crippen molar-refractivity contribution in [1.82, 2.24) is 4.98 Å². The Balaban J connectivity index is 1.99. The van der Waals surface area contributed by atoms with Gasteiger partial charge in [0.25, 0.3) is 0 Å². The van der Waals surface area contributed by atoms with E-state index in [9.17, 15) is 0 Å². The summed E-state index contributed by atoms with van der Waals surface area (Å²) < 4.78 is 0. The first kappa shape index (κ1) is 15.6. The Hall–Kier alpha value is -2.28. The molecule has 0 fully saturated rings. The van der Waals surface area contributed by atoms with E-state index in [0.717, 1.165) is 27.9 Å². The molecule has 1 heterocycles. The second kappa shape index (κ2) is 6.08. The fraction of sp³-hybridized carbons (Fsp3) is 0.150. The molecule has 0 spiro atoms. The molecular weight excluding hydrogens is 276 g/mol. The maximum atomic E-state index is 5.93. The molecule has 3 heteroatoms. The van der Waals surface area contributed by atoms with Gasteiger partial charge in [0.1, 0.15) is 0 Å². The highest BCUT2D eigenvalue weighted by molar-refractivity contribution is 6.39. The van der Waals surface area contributed by atoms with Gasteiger partial charge in [0.2, 0.25) is 0 Å². The fourth-order valence-corrected chi connectivity index (χ4v) is 2.64. The Morgan fingerprint density at radius 3 is 2.22 bits per heavy atom. The van der Waals surface area contributed by atoms with Crippen molar-refractivity contribution in [3.8, 4) is 22.4 Å². The smallest absolute Gasteiger partial charge is 0.0710 e. The Morgan fingerprint density at radius 1 is 0.870 bits per heavy atom. The summed E-state index contributed by atoms with van der Waals surface area (Å²) in [6.45, 7) is 3.90. The fourth-order valence-electron chi connectivity index (χ4n) is 2.64. The summed E-state index contributed by atoms with van der Waals surface area (Å²) in [6, 6.07) is 20.4. The quantitative estimate of drug-likeness (QED) is 0.658. The molecule has 1 nitrogen and oxygen atoms in total. The number of aromatic nitrogens is 1. The number of hydrogen-bond donors (Lipinski definition) is 0. The zero-order valence-electron chi connectivity index (χ0n) is 13.5. The van der Waals surface area contributed by atoms with Crippen LogP contribution < -0.4 is 0 Å². The third-order valence-corrected chi connectivity index (χ3v) is 4.02. The van der Waals surface area contributed by atoms with E-state index in [1.54, 1.807) is 6.92 Å². The van der Waals surface area contributed by atoms with Crippen LogP contribution in [0.1, 0.15) is 18.1 Å². The summed E-state index contributed by atoms with van der Waals surface area (Å²) in [5.41, 5.74) is 6.51. The lowest BCUT2D eigenvalue weighted by Gasteiger charge is -2.20. The molecule has 0 atom stereocenters. The summed E-state index contributed by atoms with van der Waals surface area (Å²) in [4.78, 5) is 4.51. The Kier molecular flexibility index (Phi) is 4.12. The molecule has 0 saturated heterocycles. The average molecular weight is 293 g/mol. The number of aryl methyl sites for hydroxylation is 1. The molecular formula is C20H17B2N. The van der Waals surface area contributed by atoms with E-state index in [4.69, 9.17) is 15.7 Å². The van der Waals surface area contributed by atoms with Crippen LogP contribution in [-0.4, -0.2) is 20.7 Å². The predicted octanol–water partition coefficient (Wildman–Crippen LogP) is 4.23. The van der Waals surface area contributed by atoms with Gasteiger partial charge in [0.05, 0.1) is 21.4 Å². The van der Waals surface area contributed by atoms with Gasteiger partial charge in [0, 0.05) is 11.8 Å². The molecule has 0 bridgehead atoms. The number of hydrogen-bond acceptors (Lipinski definition) is 1. The summed E-state index contributed by atoms with van der Waals surface area (Å²) in [5.74, 6) is 0. The van der Waals surface area contributed by atoms with Gasteiger partial charge in [-0.25, -0.2) is 0 Å². The first-order valence-corrected chi connectivity index (χ1v) is 7.66. The summed E-state index contributed by atoms with van der Waals surface area (Å²) in [5, 5.41) is -0.816. The maximum Gasteiger partial charge on any atom is 0.0710 e. The van der Waals surface area contributed by atoms with Gasteiger partial charge < -0.3 is 0 Å². The lowest BCUT2D eigenvalue weighted by Crippen LogP contribution is -2.21. The number of pyridine rings is 1. The molecule has 0 saturated carbocycles. The number of nitrogens with zero attached hydrogens (tertiary/aromatic N) is 1. The zero-order valence-corrected chi connectivity index (χ0v) is 13.5. The van der Waals surface area contributed by atoms with Crippen molar-refractivity contribution >= 4 is 15.7 Å². The van der Waals surface area contributed by atoms with E-state index >= 15 is 0 Å². The predicted molar refractivity (Wildman–Crippen MR) is 98.7 cm³/mol.